The summed E-state index contributed by atoms with van der Waals surface area (Å²) in [7, 11) is -2.43. The van der Waals surface area contributed by atoms with Gasteiger partial charge in [-0.15, -0.1) is 0 Å². The normalized spacial score (nSPS) is 17.0. The van der Waals surface area contributed by atoms with Crippen molar-refractivity contribution < 1.29 is 17.9 Å². The molecule has 1 aromatic rings. The number of rotatable bonds is 4. The Morgan fingerprint density at radius 2 is 1.89 bits per heavy atom. The molecule has 0 aliphatic heterocycles. The number of hydrogen-bond acceptors (Lipinski definition) is 4. The Hall–Kier alpha value is -1.36. The number of aryl methyl sites for hydroxylation is 2. The largest absolute Gasteiger partial charge is 0.468 e. The maximum atomic E-state index is 12.6. The second kappa shape index (κ2) is 4.96. The summed E-state index contributed by atoms with van der Waals surface area (Å²) in [5.41, 5.74) is 1.93. The van der Waals surface area contributed by atoms with Crippen molar-refractivity contribution in [2.75, 3.05) is 7.11 Å². The molecule has 0 heterocycles. The van der Waals surface area contributed by atoms with E-state index in [-0.39, 0.29) is 10.8 Å². The fourth-order valence-electron chi connectivity index (χ4n) is 2.13. The van der Waals surface area contributed by atoms with E-state index in [4.69, 9.17) is 0 Å². The van der Waals surface area contributed by atoms with Gasteiger partial charge >= 0.3 is 5.97 Å². The summed E-state index contributed by atoms with van der Waals surface area (Å²) in [6, 6.07) is 4.96. The van der Waals surface area contributed by atoms with Gasteiger partial charge in [0.15, 0.2) is 15.1 Å². The molecule has 5 heteroatoms. The number of carbonyl (C=O) groups is 1. The zero-order valence-electron chi connectivity index (χ0n) is 11.3. The lowest BCUT2D eigenvalue weighted by Gasteiger charge is -2.15. The number of esters is 1. The Morgan fingerprint density at radius 1 is 1.26 bits per heavy atom. The van der Waals surface area contributed by atoms with Gasteiger partial charge in [0.1, 0.15) is 0 Å². The maximum Gasteiger partial charge on any atom is 0.324 e. The van der Waals surface area contributed by atoms with Gasteiger partial charge in [-0.3, -0.25) is 4.79 Å². The van der Waals surface area contributed by atoms with Gasteiger partial charge in [-0.1, -0.05) is 6.07 Å². The van der Waals surface area contributed by atoms with Gasteiger partial charge in [0.2, 0.25) is 0 Å². The molecule has 0 amide bonds. The molecule has 104 valence electrons. The van der Waals surface area contributed by atoms with Crippen molar-refractivity contribution in [1.29, 1.82) is 0 Å². The Kier molecular flexibility index (Phi) is 3.67. The summed E-state index contributed by atoms with van der Waals surface area (Å²) in [6.07, 6.45) is 1.54. The van der Waals surface area contributed by atoms with Crippen LogP contribution < -0.4 is 0 Å². The standard InChI is InChI=1S/C14H18O4S/c1-9-4-7-12(8-10(9)2)19(16,17)13(11-5-6-11)14(15)18-3/h4,7-8,11,13H,5-6H2,1-3H3. The molecule has 1 aliphatic rings. The minimum absolute atomic E-state index is 0.0981. The smallest absolute Gasteiger partial charge is 0.324 e. The molecular formula is C14H18O4S. The first-order valence-electron chi connectivity index (χ1n) is 6.27. The summed E-state index contributed by atoms with van der Waals surface area (Å²) in [4.78, 5) is 12.0. The minimum Gasteiger partial charge on any atom is -0.468 e. The average molecular weight is 282 g/mol. The van der Waals surface area contributed by atoms with Crippen LogP contribution in [0, 0.1) is 19.8 Å². The Labute approximate surface area is 113 Å². The molecule has 1 unspecified atom stereocenters. The first-order valence-corrected chi connectivity index (χ1v) is 7.81. The molecule has 1 saturated carbocycles. The highest BCUT2D eigenvalue weighted by molar-refractivity contribution is 7.92. The number of ether oxygens (including phenoxy) is 1. The quantitative estimate of drug-likeness (QED) is 0.793. The number of sulfone groups is 1. The molecule has 0 aromatic heterocycles. The van der Waals surface area contributed by atoms with E-state index in [0.29, 0.717) is 0 Å². The van der Waals surface area contributed by atoms with Crippen LogP contribution in [0.3, 0.4) is 0 Å². The van der Waals surface area contributed by atoms with Gasteiger partial charge in [-0.2, -0.15) is 0 Å². The zero-order valence-corrected chi connectivity index (χ0v) is 12.2. The summed E-state index contributed by atoms with van der Waals surface area (Å²) in [6.45, 7) is 3.78. The lowest BCUT2D eigenvalue weighted by Crippen LogP contribution is -2.33. The number of hydrogen-bond donors (Lipinski definition) is 0. The predicted octanol–water partition coefficient (Wildman–Crippen LogP) is 2.03. The molecule has 0 spiro atoms. The zero-order chi connectivity index (χ0) is 14.2. The average Bonchev–Trinajstić information content (AvgIpc) is 3.16. The van der Waals surface area contributed by atoms with Crippen molar-refractivity contribution in [3.8, 4) is 0 Å². The van der Waals surface area contributed by atoms with Gasteiger partial charge in [0.25, 0.3) is 0 Å². The first kappa shape index (κ1) is 14.1. The lowest BCUT2D eigenvalue weighted by molar-refractivity contribution is -0.140. The summed E-state index contributed by atoms with van der Waals surface area (Å²) in [5, 5.41) is -1.06. The summed E-state index contributed by atoms with van der Waals surface area (Å²) in [5.74, 6) is -0.750. The second-order valence-electron chi connectivity index (χ2n) is 5.07. The molecule has 19 heavy (non-hydrogen) atoms. The second-order valence-corrected chi connectivity index (χ2v) is 7.14. The van der Waals surface area contributed by atoms with Crippen molar-refractivity contribution in [3.63, 3.8) is 0 Å². The van der Waals surface area contributed by atoms with E-state index < -0.39 is 21.1 Å². The van der Waals surface area contributed by atoms with Gasteiger partial charge < -0.3 is 4.74 Å². The van der Waals surface area contributed by atoms with Crippen molar-refractivity contribution in [2.45, 2.75) is 36.8 Å². The molecular weight excluding hydrogens is 264 g/mol. The highest BCUT2D eigenvalue weighted by Crippen LogP contribution is 2.39. The van der Waals surface area contributed by atoms with Crippen molar-refractivity contribution in [3.05, 3.63) is 29.3 Å². The molecule has 0 radical (unpaired) electrons. The topological polar surface area (TPSA) is 60.4 Å². The van der Waals surface area contributed by atoms with E-state index in [2.05, 4.69) is 4.74 Å². The van der Waals surface area contributed by atoms with Crippen LogP contribution in [-0.4, -0.2) is 26.7 Å². The fraction of sp³-hybridized carbons (Fsp3) is 0.500. The van der Waals surface area contributed by atoms with Crippen LogP contribution in [-0.2, 0) is 19.4 Å². The van der Waals surface area contributed by atoms with Gasteiger partial charge in [-0.05, 0) is 55.9 Å². The summed E-state index contributed by atoms with van der Waals surface area (Å²) < 4.78 is 29.8. The third-order valence-corrected chi connectivity index (χ3v) is 5.78. The van der Waals surface area contributed by atoms with Crippen molar-refractivity contribution >= 4 is 15.8 Å². The van der Waals surface area contributed by atoms with Crippen molar-refractivity contribution in [1.82, 2.24) is 0 Å². The van der Waals surface area contributed by atoms with Crippen LogP contribution in [0.2, 0.25) is 0 Å². The van der Waals surface area contributed by atoms with E-state index in [1.165, 1.54) is 7.11 Å². The predicted molar refractivity (Wildman–Crippen MR) is 71.6 cm³/mol. The maximum absolute atomic E-state index is 12.6. The van der Waals surface area contributed by atoms with E-state index >= 15 is 0 Å². The molecule has 1 fully saturated rings. The molecule has 2 rings (SSSR count). The highest BCUT2D eigenvalue weighted by Gasteiger charge is 2.46. The van der Waals surface area contributed by atoms with Crippen LogP contribution >= 0.6 is 0 Å². The molecule has 0 N–H and O–H groups in total. The fourth-order valence-corrected chi connectivity index (χ4v) is 4.15. The van der Waals surface area contributed by atoms with E-state index in [0.717, 1.165) is 24.0 Å². The number of benzene rings is 1. The minimum atomic E-state index is -3.66. The molecule has 0 bridgehead atoms. The third kappa shape index (κ3) is 2.66. The van der Waals surface area contributed by atoms with Crippen LogP contribution in [0.1, 0.15) is 24.0 Å². The van der Waals surface area contributed by atoms with Crippen LogP contribution in [0.25, 0.3) is 0 Å². The molecule has 1 atom stereocenters. The number of methoxy groups -OCH3 is 1. The Morgan fingerprint density at radius 3 is 2.37 bits per heavy atom. The third-order valence-electron chi connectivity index (χ3n) is 3.62. The van der Waals surface area contributed by atoms with E-state index in [1.807, 2.05) is 13.8 Å². The van der Waals surface area contributed by atoms with E-state index in [1.54, 1.807) is 18.2 Å². The molecule has 1 aliphatic carbocycles. The van der Waals surface area contributed by atoms with Gasteiger partial charge in [0.05, 0.1) is 12.0 Å². The monoisotopic (exact) mass is 282 g/mol. The van der Waals surface area contributed by atoms with Gasteiger partial charge in [0, 0.05) is 0 Å². The van der Waals surface area contributed by atoms with Crippen LogP contribution in [0.4, 0.5) is 0 Å². The van der Waals surface area contributed by atoms with Crippen LogP contribution in [0.15, 0.2) is 23.1 Å². The molecule has 4 nitrogen and oxygen atoms in total. The van der Waals surface area contributed by atoms with Crippen molar-refractivity contribution in [2.24, 2.45) is 5.92 Å². The van der Waals surface area contributed by atoms with Crippen LogP contribution in [0.5, 0.6) is 0 Å². The Bertz CT molecular complexity index is 600. The van der Waals surface area contributed by atoms with Gasteiger partial charge in [-0.25, -0.2) is 8.42 Å². The highest BCUT2D eigenvalue weighted by atomic mass is 32.2. The summed E-state index contributed by atoms with van der Waals surface area (Å²) >= 11 is 0. The molecule has 1 aromatic carbocycles. The lowest BCUT2D eigenvalue weighted by atomic mass is 10.1. The molecule has 0 saturated heterocycles. The number of carbonyl (C=O) groups excluding carboxylic acids is 1. The SMILES string of the molecule is COC(=O)C(C1CC1)S(=O)(=O)c1ccc(C)c(C)c1. The van der Waals surface area contributed by atoms with E-state index in [9.17, 15) is 13.2 Å². The Balaban J connectivity index is 2.44. The first-order chi connectivity index (χ1) is 8.87.